The maximum atomic E-state index is 14.1. The average Bonchev–Trinajstić information content (AvgIpc) is 2.85. The molecule has 0 aliphatic carbocycles. The zero-order valence-corrected chi connectivity index (χ0v) is 14.6. The lowest BCUT2D eigenvalue weighted by Gasteiger charge is -2.27. The van der Waals surface area contributed by atoms with Crippen molar-refractivity contribution in [1.29, 1.82) is 0 Å². The molecule has 0 saturated carbocycles. The zero-order valence-electron chi connectivity index (χ0n) is 13.8. The van der Waals surface area contributed by atoms with E-state index in [9.17, 15) is 17.6 Å². The molecule has 0 aromatic heterocycles. The molecule has 1 aromatic rings. The summed E-state index contributed by atoms with van der Waals surface area (Å²) in [6.07, 6.45) is 0.915. The monoisotopic (exact) mass is 343 g/mol. The molecule has 1 atom stereocenters. The van der Waals surface area contributed by atoms with E-state index in [1.54, 1.807) is 27.7 Å². The Kier molecular flexibility index (Phi) is 4.82. The first kappa shape index (κ1) is 17.9. The number of ether oxygens (including phenoxy) is 1. The van der Waals surface area contributed by atoms with Crippen molar-refractivity contribution < 1.29 is 22.3 Å². The second-order valence-corrected chi connectivity index (χ2v) is 8.60. The summed E-state index contributed by atoms with van der Waals surface area (Å²) in [5.41, 5.74) is -0.0731. The molecule has 1 aromatic carbocycles. The molecule has 5 nitrogen and oxygen atoms in total. The first-order chi connectivity index (χ1) is 10.5. The second-order valence-electron chi connectivity index (χ2n) is 6.74. The number of hydrogen-bond donors (Lipinski definition) is 0. The van der Waals surface area contributed by atoms with Crippen LogP contribution in [-0.2, 0) is 19.6 Å². The highest BCUT2D eigenvalue weighted by molar-refractivity contribution is 7.89. The molecule has 2 rings (SSSR count). The first-order valence-corrected chi connectivity index (χ1v) is 8.97. The van der Waals surface area contributed by atoms with Gasteiger partial charge in [0.2, 0.25) is 10.0 Å². The SMILES string of the molecule is Cc1ccc(S(=O)(=O)N2CCC[C@H]2C(=O)OC(C)(C)C)c(F)c1. The van der Waals surface area contributed by atoms with Crippen LogP contribution in [0.4, 0.5) is 4.39 Å². The van der Waals surface area contributed by atoms with Gasteiger partial charge in [-0.25, -0.2) is 12.8 Å². The maximum absolute atomic E-state index is 14.1. The van der Waals surface area contributed by atoms with Gasteiger partial charge in [0.1, 0.15) is 22.4 Å². The number of hydrogen-bond acceptors (Lipinski definition) is 4. The van der Waals surface area contributed by atoms with Crippen LogP contribution in [0.15, 0.2) is 23.1 Å². The quantitative estimate of drug-likeness (QED) is 0.792. The molecule has 0 radical (unpaired) electrons. The Morgan fingerprint density at radius 3 is 2.57 bits per heavy atom. The van der Waals surface area contributed by atoms with Crippen molar-refractivity contribution in [2.45, 2.75) is 57.1 Å². The Hall–Kier alpha value is -1.47. The van der Waals surface area contributed by atoms with Crippen LogP contribution < -0.4 is 0 Å². The number of benzene rings is 1. The summed E-state index contributed by atoms with van der Waals surface area (Å²) in [6.45, 7) is 7.02. The molecule has 0 bridgehead atoms. The topological polar surface area (TPSA) is 63.7 Å². The summed E-state index contributed by atoms with van der Waals surface area (Å²) in [5, 5.41) is 0. The van der Waals surface area contributed by atoms with Crippen molar-refractivity contribution in [1.82, 2.24) is 4.31 Å². The van der Waals surface area contributed by atoms with Crippen molar-refractivity contribution in [3.63, 3.8) is 0 Å². The van der Waals surface area contributed by atoms with Gasteiger partial charge in [-0.1, -0.05) is 6.07 Å². The molecule has 0 spiro atoms. The minimum Gasteiger partial charge on any atom is -0.459 e. The summed E-state index contributed by atoms with van der Waals surface area (Å²) in [7, 11) is -4.08. The van der Waals surface area contributed by atoms with Crippen LogP contribution in [0.5, 0.6) is 0 Å². The first-order valence-electron chi connectivity index (χ1n) is 7.53. The van der Waals surface area contributed by atoms with Gasteiger partial charge in [-0.05, 0) is 58.2 Å². The minimum atomic E-state index is -4.08. The Morgan fingerprint density at radius 2 is 2.00 bits per heavy atom. The van der Waals surface area contributed by atoms with E-state index in [1.807, 2.05) is 0 Å². The zero-order chi connectivity index (χ0) is 17.4. The molecule has 7 heteroatoms. The highest BCUT2D eigenvalue weighted by atomic mass is 32.2. The molecular weight excluding hydrogens is 321 g/mol. The third-order valence-electron chi connectivity index (χ3n) is 3.56. The Balaban J connectivity index is 2.33. The largest absolute Gasteiger partial charge is 0.459 e. The van der Waals surface area contributed by atoms with Gasteiger partial charge in [0.25, 0.3) is 0 Å². The molecule has 23 heavy (non-hydrogen) atoms. The van der Waals surface area contributed by atoms with E-state index in [4.69, 9.17) is 4.74 Å². The Bertz CT molecular complexity index is 709. The molecule has 1 heterocycles. The number of carbonyl (C=O) groups is 1. The van der Waals surface area contributed by atoms with Crippen LogP contribution in [0, 0.1) is 12.7 Å². The molecule has 0 N–H and O–H groups in total. The van der Waals surface area contributed by atoms with Crippen LogP contribution in [0.2, 0.25) is 0 Å². The number of esters is 1. The van der Waals surface area contributed by atoms with Gasteiger partial charge >= 0.3 is 5.97 Å². The van der Waals surface area contributed by atoms with E-state index in [-0.39, 0.29) is 6.54 Å². The summed E-state index contributed by atoms with van der Waals surface area (Å²) in [4.78, 5) is 11.9. The number of nitrogens with zero attached hydrogens (tertiary/aromatic N) is 1. The lowest BCUT2D eigenvalue weighted by molar-refractivity contribution is -0.158. The van der Waals surface area contributed by atoms with Gasteiger partial charge < -0.3 is 4.74 Å². The van der Waals surface area contributed by atoms with Gasteiger partial charge in [0.15, 0.2) is 0 Å². The lowest BCUT2D eigenvalue weighted by atomic mass is 10.2. The molecule has 1 fully saturated rings. The van der Waals surface area contributed by atoms with Gasteiger partial charge in [-0.3, -0.25) is 4.79 Å². The lowest BCUT2D eigenvalue weighted by Crippen LogP contribution is -2.43. The molecule has 1 aliphatic heterocycles. The highest BCUT2D eigenvalue weighted by Crippen LogP contribution is 2.29. The van der Waals surface area contributed by atoms with Crippen molar-refractivity contribution in [3.05, 3.63) is 29.6 Å². The van der Waals surface area contributed by atoms with E-state index in [0.717, 1.165) is 4.31 Å². The standard InChI is InChI=1S/C16H22FNO4S/c1-11-7-8-14(12(17)10-11)23(20,21)18-9-5-6-13(18)15(19)22-16(2,3)4/h7-8,10,13H,5-6,9H2,1-4H3/t13-/m0/s1. The van der Waals surface area contributed by atoms with Crippen LogP contribution in [0.3, 0.4) is 0 Å². The van der Waals surface area contributed by atoms with Gasteiger partial charge in [-0.2, -0.15) is 4.31 Å². The second kappa shape index (κ2) is 6.20. The predicted octanol–water partition coefficient (Wildman–Crippen LogP) is 2.63. The highest BCUT2D eigenvalue weighted by Gasteiger charge is 2.42. The molecule has 128 valence electrons. The fraction of sp³-hybridized carbons (Fsp3) is 0.562. The summed E-state index contributed by atoms with van der Waals surface area (Å²) >= 11 is 0. The summed E-state index contributed by atoms with van der Waals surface area (Å²) in [5.74, 6) is -1.40. The molecule has 0 unspecified atom stereocenters. The molecular formula is C16H22FNO4S. The van der Waals surface area contributed by atoms with Crippen molar-refractivity contribution >= 4 is 16.0 Å². The molecule has 1 saturated heterocycles. The third-order valence-corrected chi connectivity index (χ3v) is 5.50. The molecule has 1 aliphatic rings. The van der Waals surface area contributed by atoms with Crippen molar-refractivity contribution in [3.8, 4) is 0 Å². The van der Waals surface area contributed by atoms with E-state index in [1.165, 1.54) is 18.2 Å². The van der Waals surface area contributed by atoms with Crippen LogP contribution >= 0.6 is 0 Å². The van der Waals surface area contributed by atoms with E-state index >= 15 is 0 Å². The van der Waals surface area contributed by atoms with E-state index in [0.29, 0.717) is 18.4 Å². The average molecular weight is 343 g/mol. The number of carbonyl (C=O) groups excluding carboxylic acids is 1. The fourth-order valence-corrected chi connectivity index (χ4v) is 4.27. The van der Waals surface area contributed by atoms with Gasteiger partial charge in [0, 0.05) is 6.54 Å². The Morgan fingerprint density at radius 1 is 1.35 bits per heavy atom. The fourth-order valence-electron chi connectivity index (χ4n) is 2.57. The van der Waals surface area contributed by atoms with Crippen LogP contribution in [0.1, 0.15) is 39.2 Å². The third kappa shape index (κ3) is 3.90. The summed E-state index contributed by atoms with van der Waals surface area (Å²) < 4.78 is 45.9. The van der Waals surface area contributed by atoms with Crippen LogP contribution in [-0.4, -0.2) is 36.9 Å². The maximum Gasteiger partial charge on any atom is 0.324 e. The predicted molar refractivity (Wildman–Crippen MR) is 83.9 cm³/mol. The number of halogens is 1. The number of rotatable bonds is 3. The summed E-state index contributed by atoms with van der Waals surface area (Å²) in [6, 6.07) is 3.05. The van der Waals surface area contributed by atoms with Gasteiger partial charge in [-0.15, -0.1) is 0 Å². The number of sulfonamides is 1. The van der Waals surface area contributed by atoms with Crippen molar-refractivity contribution in [2.75, 3.05) is 6.54 Å². The number of aryl methyl sites for hydroxylation is 1. The minimum absolute atomic E-state index is 0.180. The smallest absolute Gasteiger partial charge is 0.324 e. The Labute approximate surface area is 136 Å². The van der Waals surface area contributed by atoms with Gasteiger partial charge in [0.05, 0.1) is 0 Å². The van der Waals surface area contributed by atoms with E-state index < -0.39 is 38.3 Å². The van der Waals surface area contributed by atoms with E-state index in [2.05, 4.69) is 0 Å². The normalized spacial score (nSPS) is 19.8. The van der Waals surface area contributed by atoms with Crippen molar-refractivity contribution in [2.24, 2.45) is 0 Å². The van der Waals surface area contributed by atoms with Crippen LogP contribution in [0.25, 0.3) is 0 Å². The molecule has 0 amide bonds.